The Labute approximate surface area is 82.6 Å². The maximum Gasteiger partial charge on any atom is 0.177 e. The largest absolute Gasteiger partial charge is 0.339 e. The number of aromatic amines is 1. The van der Waals surface area contributed by atoms with E-state index in [4.69, 9.17) is 5.73 Å². The SMILES string of the molecule is CCC(C)(N)c1nc2ncccc2[nH]1. The molecule has 0 amide bonds. The summed E-state index contributed by atoms with van der Waals surface area (Å²) < 4.78 is 0. The van der Waals surface area contributed by atoms with Crippen LogP contribution < -0.4 is 5.73 Å². The molecule has 0 aliphatic carbocycles. The van der Waals surface area contributed by atoms with Crippen molar-refractivity contribution >= 4 is 11.2 Å². The van der Waals surface area contributed by atoms with Crippen molar-refractivity contribution in [1.29, 1.82) is 0 Å². The second kappa shape index (κ2) is 3.06. The van der Waals surface area contributed by atoms with Crippen LogP contribution in [0.25, 0.3) is 11.2 Å². The van der Waals surface area contributed by atoms with E-state index < -0.39 is 5.54 Å². The Morgan fingerprint density at radius 3 is 3.00 bits per heavy atom. The zero-order valence-electron chi connectivity index (χ0n) is 8.41. The molecule has 0 bridgehead atoms. The van der Waals surface area contributed by atoms with Crippen LogP contribution in [0.2, 0.25) is 0 Å². The molecular formula is C10H14N4. The van der Waals surface area contributed by atoms with E-state index in [9.17, 15) is 0 Å². The topological polar surface area (TPSA) is 67.6 Å². The molecule has 74 valence electrons. The smallest absolute Gasteiger partial charge is 0.177 e. The standard InChI is InChI=1S/C10H14N4/c1-3-10(2,11)9-13-7-5-4-6-12-8(7)14-9/h4-6H,3,11H2,1-2H3,(H,12,13,14). The lowest BCUT2D eigenvalue weighted by Crippen LogP contribution is -2.33. The van der Waals surface area contributed by atoms with Gasteiger partial charge in [0.05, 0.1) is 11.1 Å². The number of hydrogen-bond donors (Lipinski definition) is 2. The number of nitrogens with two attached hydrogens (primary N) is 1. The number of rotatable bonds is 2. The van der Waals surface area contributed by atoms with Gasteiger partial charge >= 0.3 is 0 Å². The van der Waals surface area contributed by atoms with Gasteiger partial charge in [0.15, 0.2) is 5.65 Å². The molecule has 2 aromatic heterocycles. The molecule has 3 N–H and O–H groups in total. The summed E-state index contributed by atoms with van der Waals surface area (Å²) in [6.45, 7) is 4.01. The highest BCUT2D eigenvalue weighted by molar-refractivity contribution is 5.70. The number of nitrogens with one attached hydrogen (secondary N) is 1. The van der Waals surface area contributed by atoms with Crippen LogP contribution in [-0.2, 0) is 5.54 Å². The predicted octanol–water partition coefficient (Wildman–Crippen LogP) is 1.54. The zero-order chi connectivity index (χ0) is 10.2. The lowest BCUT2D eigenvalue weighted by molar-refractivity contribution is 0.451. The second-order valence-electron chi connectivity index (χ2n) is 3.73. The molecule has 0 saturated carbocycles. The van der Waals surface area contributed by atoms with E-state index in [1.807, 2.05) is 26.0 Å². The van der Waals surface area contributed by atoms with Crippen LogP contribution in [0.5, 0.6) is 0 Å². The van der Waals surface area contributed by atoms with Crippen LogP contribution in [0.4, 0.5) is 0 Å². The molecule has 0 aliphatic rings. The van der Waals surface area contributed by atoms with Crippen molar-refractivity contribution in [3.63, 3.8) is 0 Å². The van der Waals surface area contributed by atoms with E-state index in [-0.39, 0.29) is 0 Å². The first-order valence-corrected chi connectivity index (χ1v) is 4.73. The maximum atomic E-state index is 6.08. The van der Waals surface area contributed by atoms with E-state index in [2.05, 4.69) is 15.0 Å². The van der Waals surface area contributed by atoms with E-state index in [0.29, 0.717) is 0 Å². The van der Waals surface area contributed by atoms with Crippen molar-refractivity contribution < 1.29 is 0 Å². The van der Waals surface area contributed by atoms with Crippen LogP contribution in [0.1, 0.15) is 26.1 Å². The van der Waals surface area contributed by atoms with E-state index >= 15 is 0 Å². The Kier molecular flexibility index (Phi) is 2.00. The molecule has 2 heterocycles. The Bertz CT molecular complexity index is 411. The van der Waals surface area contributed by atoms with Crippen molar-refractivity contribution in [3.05, 3.63) is 24.2 Å². The van der Waals surface area contributed by atoms with Gasteiger partial charge < -0.3 is 10.7 Å². The van der Waals surface area contributed by atoms with Gasteiger partial charge in [-0.05, 0) is 25.5 Å². The number of nitrogens with zero attached hydrogens (tertiary/aromatic N) is 2. The average Bonchev–Trinajstić information content (AvgIpc) is 2.61. The highest BCUT2D eigenvalue weighted by Gasteiger charge is 2.22. The van der Waals surface area contributed by atoms with Crippen molar-refractivity contribution in [3.8, 4) is 0 Å². The molecule has 0 aliphatic heterocycles. The molecule has 0 saturated heterocycles. The molecule has 0 spiro atoms. The fourth-order valence-corrected chi connectivity index (χ4v) is 1.28. The van der Waals surface area contributed by atoms with E-state index in [1.54, 1.807) is 6.20 Å². The predicted molar refractivity (Wildman–Crippen MR) is 55.7 cm³/mol. The first kappa shape index (κ1) is 9.15. The van der Waals surface area contributed by atoms with Gasteiger partial charge in [0, 0.05) is 6.20 Å². The van der Waals surface area contributed by atoms with E-state index in [1.165, 1.54) is 0 Å². The maximum absolute atomic E-state index is 6.08. The van der Waals surface area contributed by atoms with Gasteiger partial charge in [-0.3, -0.25) is 0 Å². The van der Waals surface area contributed by atoms with Crippen LogP contribution in [0.3, 0.4) is 0 Å². The van der Waals surface area contributed by atoms with Gasteiger partial charge in [0.25, 0.3) is 0 Å². The highest BCUT2D eigenvalue weighted by Crippen LogP contribution is 2.20. The summed E-state index contributed by atoms with van der Waals surface area (Å²) in [6, 6.07) is 3.83. The molecule has 4 heteroatoms. The minimum absolute atomic E-state index is 0.402. The molecule has 1 atom stereocenters. The van der Waals surface area contributed by atoms with Crippen molar-refractivity contribution in [2.24, 2.45) is 5.73 Å². The minimum Gasteiger partial charge on any atom is -0.339 e. The second-order valence-corrected chi connectivity index (χ2v) is 3.73. The van der Waals surface area contributed by atoms with Gasteiger partial charge in [-0.2, -0.15) is 0 Å². The summed E-state index contributed by atoms with van der Waals surface area (Å²) in [5.41, 5.74) is 7.34. The van der Waals surface area contributed by atoms with Gasteiger partial charge in [-0.15, -0.1) is 0 Å². The fourth-order valence-electron chi connectivity index (χ4n) is 1.28. The zero-order valence-corrected chi connectivity index (χ0v) is 8.41. The van der Waals surface area contributed by atoms with Crippen LogP contribution in [0, 0.1) is 0 Å². The number of imidazole rings is 1. The van der Waals surface area contributed by atoms with E-state index in [0.717, 1.165) is 23.4 Å². The molecule has 2 aromatic rings. The third-order valence-corrected chi connectivity index (χ3v) is 2.53. The van der Waals surface area contributed by atoms with Gasteiger partial charge in [-0.1, -0.05) is 6.92 Å². The number of aromatic nitrogens is 3. The first-order chi connectivity index (χ1) is 6.63. The molecule has 0 aromatic carbocycles. The summed E-state index contributed by atoms with van der Waals surface area (Å²) in [4.78, 5) is 11.7. The van der Waals surface area contributed by atoms with Gasteiger partial charge in [0.2, 0.25) is 0 Å². The quantitative estimate of drug-likeness (QED) is 0.754. The third kappa shape index (κ3) is 1.37. The van der Waals surface area contributed by atoms with Crippen LogP contribution in [-0.4, -0.2) is 15.0 Å². The Balaban J connectivity index is 2.55. The van der Waals surface area contributed by atoms with Crippen molar-refractivity contribution in [2.45, 2.75) is 25.8 Å². The van der Waals surface area contributed by atoms with Crippen molar-refractivity contribution in [1.82, 2.24) is 15.0 Å². The fraction of sp³-hybridized carbons (Fsp3) is 0.400. The molecule has 4 nitrogen and oxygen atoms in total. The third-order valence-electron chi connectivity index (χ3n) is 2.53. The highest BCUT2D eigenvalue weighted by atomic mass is 15.0. The summed E-state index contributed by atoms with van der Waals surface area (Å²) in [5.74, 6) is 0.800. The lowest BCUT2D eigenvalue weighted by atomic mass is 10.0. The number of hydrogen-bond acceptors (Lipinski definition) is 3. The van der Waals surface area contributed by atoms with Crippen molar-refractivity contribution in [2.75, 3.05) is 0 Å². The monoisotopic (exact) mass is 190 g/mol. The number of fused-ring (bicyclic) bond motifs is 1. The lowest BCUT2D eigenvalue weighted by Gasteiger charge is -2.18. The summed E-state index contributed by atoms with van der Waals surface area (Å²) in [5, 5.41) is 0. The number of H-pyrrole nitrogens is 1. The molecule has 2 rings (SSSR count). The molecule has 0 radical (unpaired) electrons. The summed E-state index contributed by atoms with van der Waals surface area (Å²) >= 11 is 0. The molecule has 0 fully saturated rings. The molecular weight excluding hydrogens is 176 g/mol. The molecule has 1 unspecified atom stereocenters. The Morgan fingerprint density at radius 1 is 1.57 bits per heavy atom. The van der Waals surface area contributed by atoms with Crippen LogP contribution >= 0.6 is 0 Å². The molecule has 14 heavy (non-hydrogen) atoms. The summed E-state index contributed by atoms with van der Waals surface area (Å²) in [6.07, 6.45) is 2.57. The summed E-state index contributed by atoms with van der Waals surface area (Å²) in [7, 11) is 0. The minimum atomic E-state index is -0.402. The Hall–Kier alpha value is -1.42. The Morgan fingerprint density at radius 2 is 2.36 bits per heavy atom. The normalized spacial score (nSPS) is 15.6. The number of pyridine rings is 1. The first-order valence-electron chi connectivity index (χ1n) is 4.73. The van der Waals surface area contributed by atoms with Gasteiger partial charge in [-0.25, -0.2) is 9.97 Å². The van der Waals surface area contributed by atoms with Gasteiger partial charge in [0.1, 0.15) is 5.82 Å². The average molecular weight is 190 g/mol. The van der Waals surface area contributed by atoms with Crippen LogP contribution in [0.15, 0.2) is 18.3 Å².